The fourth-order valence-corrected chi connectivity index (χ4v) is 1.31. The molecule has 11 heavy (non-hydrogen) atoms. The predicted octanol–water partition coefficient (Wildman–Crippen LogP) is 2.71. The fourth-order valence-electron chi connectivity index (χ4n) is 0.671. The second-order valence-electron chi connectivity index (χ2n) is 2.13. The van der Waals surface area contributed by atoms with Crippen molar-refractivity contribution in [2.75, 3.05) is 20.8 Å². The Kier molecular flexibility index (Phi) is 8.64. The van der Waals surface area contributed by atoms with Gasteiger partial charge in [0.05, 0.1) is 6.61 Å². The molecule has 0 aliphatic rings. The van der Waals surface area contributed by atoms with Crippen molar-refractivity contribution in [2.24, 2.45) is 0 Å². The van der Waals surface area contributed by atoms with E-state index in [9.17, 15) is 0 Å². The third kappa shape index (κ3) is 6.70. The zero-order chi connectivity index (χ0) is 8.53. The lowest BCUT2D eigenvalue weighted by atomic mass is 10.3. The molecule has 0 aromatic heterocycles. The smallest absolute Gasteiger partial charge is 0.316 e. The maximum atomic E-state index is 5.26. The van der Waals surface area contributed by atoms with Crippen LogP contribution >= 0.6 is 8.60 Å². The molecule has 0 N–H and O–H groups in total. The minimum absolute atomic E-state index is 0.737. The first-order valence-electron chi connectivity index (χ1n) is 3.86. The Balaban J connectivity index is 3.07. The summed E-state index contributed by atoms with van der Waals surface area (Å²) in [6.45, 7) is 2.90. The average Bonchev–Trinajstić information content (AvgIpc) is 2.05. The SMILES string of the molecule is CCCCCOP(OC)OC. The van der Waals surface area contributed by atoms with E-state index in [-0.39, 0.29) is 0 Å². The number of unbranched alkanes of at least 4 members (excludes halogenated alkanes) is 2. The van der Waals surface area contributed by atoms with Crippen LogP contribution in [0.4, 0.5) is 0 Å². The van der Waals surface area contributed by atoms with Gasteiger partial charge in [-0.25, -0.2) is 0 Å². The highest BCUT2D eigenvalue weighted by Gasteiger charge is 2.05. The Labute approximate surface area is 70.0 Å². The molecule has 3 nitrogen and oxygen atoms in total. The monoisotopic (exact) mass is 180 g/mol. The molecule has 0 bridgehead atoms. The molecule has 4 heteroatoms. The van der Waals surface area contributed by atoms with E-state index in [1.54, 1.807) is 14.2 Å². The van der Waals surface area contributed by atoms with Crippen LogP contribution in [0.1, 0.15) is 26.2 Å². The summed E-state index contributed by atoms with van der Waals surface area (Å²) >= 11 is 0. The van der Waals surface area contributed by atoms with E-state index < -0.39 is 8.60 Å². The summed E-state index contributed by atoms with van der Waals surface area (Å²) in [7, 11) is 2.11. The Hall–Kier alpha value is 0.310. The molecule has 0 saturated carbocycles. The minimum atomic E-state index is -1.07. The van der Waals surface area contributed by atoms with Crippen molar-refractivity contribution >= 4 is 8.60 Å². The second-order valence-corrected chi connectivity index (χ2v) is 3.56. The number of hydrogen-bond donors (Lipinski definition) is 0. The summed E-state index contributed by atoms with van der Waals surface area (Å²) in [5.74, 6) is 0. The summed E-state index contributed by atoms with van der Waals surface area (Å²) < 4.78 is 15.1. The van der Waals surface area contributed by atoms with Gasteiger partial charge in [-0.15, -0.1) is 0 Å². The molecule has 0 aromatic rings. The molecule has 0 aromatic carbocycles. The van der Waals surface area contributed by atoms with Gasteiger partial charge in [0.1, 0.15) is 0 Å². The number of rotatable bonds is 7. The molecule has 0 aliphatic carbocycles. The quantitative estimate of drug-likeness (QED) is 0.445. The molecule has 0 atom stereocenters. The Morgan fingerprint density at radius 1 is 1.09 bits per heavy atom. The molecule has 0 spiro atoms. The fraction of sp³-hybridized carbons (Fsp3) is 1.00. The Morgan fingerprint density at radius 2 is 1.73 bits per heavy atom. The molecule has 68 valence electrons. The van der Waals surface area contributed by atoms with E-state index in [0.29, 0.717) is 0 Å². The molecular weight excluding hydrogens is 163 g/mol. The van der Waals surface area contributed by atoms with Crippen molar-refractivity contribution in [3.05, 3.63) is 0 Å². The summed E-state index contributed by atoms with van der Waals surface area (Å²) in [6.07, 6.45) is 3.50. The van der Waals surface area contributed by atoms with E-state index in [1.165, 1.54) is 12.8 Å². The van der Waals surface area contributed by atoms with Gasteiger partial charge >= 0.3 is 8.60 Å². The van der Waals surface area contributed by atoms with Crippen LogP contribution in [-0.4, -0.2) is 20.8 Å². The van der Waals surface area contributed by atoms with Crippen molar-refractivity contribution in [3.8, 4) is 0 Å². The zero-order valence-corrected chi connectivity index (χ0v) is 8.39. The van der Waals surface area contributed by atoms with Crippen LogP contribution in [0.2, 0.25) is 0 Å². The van der Waals surface area contributed by atoms with E-state index in [1.807, 2.05) is 0 Å². The highest BCUT2D eigenvalue weighted by Crippen LogP contribution is 2.37. The van der Waals surface area contributed by atoms with Crippen LogP contribution < -0.4 is 0 Å². The highest BCUT2D eigenvalue weighted by molar-refractivity contribution is 7.41. The molecule has 0 amide bonds. The van der Waals surface area contributed by atoms with Crippen molar-refractivity contribution in [3.63, 3.8) is 0 Å². The van der Waals surface area contributed by atoms with E-state index >= 15 is 0 Å². The maximum Gasteiger partial charge on any atom is 0.332 e. The van der Waals surface area contributed by atoms with Crippen LogP contribution in [0.5, 0.6) is 0 Å². The predicted molar refractivity (Wildman–Crippen MR) is 46.4 cm³/mol. The van der Waals surface area contributed by atoms with Gasteiger partial charge in [-0.2, -0.15) is 0 Å². The lowest BCUT2D eigenvalue weighted by Crippen LogP contribution is -1.92. The Morgan fingerprint density at radius 3 is 2.18 bits per heavy atom. The van der Waals surface area contributed by atoms with Gasteiger partial charge in [-0.05, 0) is 6.42 Å². The van der Waals surface area contributed by atoms with Gasteiger partial charge in [0.15, 0.2) is 0 Å². The van der Waals surface area contributed by atoms with Crippen molar-refractivity contribution in [1.29, 1.82) is 0 Å². The third-order valence-corrected chi connectivity index (χ3v) is 2.23. The number of hydrogen-bond acceptors (Lipinski definition) is 3. The molecule has 0 aliphatic heterocycles. The van der Waals surface area contributed by atoms with Crippen LogP contribution in [0.15, 0.2) is 0 Å². The van der Waals surface area contributed by atoms with Crippen molar-refractivity contribution in [2.45, 2.75) is 26.2 Å². The second kappa shape index (κ2) is 8.41. The summed E-state index contributed by atoms with van der Waals surface area (Å²) in [6, 6.07) is 0. The van der Waals surface area contributed by atoms with Crippen LogP contribution in [0.25, 0.3) is 0 Å². The molecule has 0 rings (SSSR count). The summed E-state index contributed by atoms with van der Waals surface area (Å²) in [5.41, 5.74) is 0. The minimum Gasteiger partial charge on any atom is -0.316 e. The largest absolute Gasteiger partial charge is 0.332 e. The zero-order valence-electron chi connectivity index (χ0n) is 7.50. The normalized spacial score (nSPS) is 10.9. The topological polar surface area (TPSA) is 27.7 Å². The van der Waals surface area contributed by atoms with Crippen molar-refractivity contribution < 1.29 is 13.6 Å². The van der Waals surface area contributed by atoms with Gasteiger partial charge in [0.25, 0.3) is 0 Å². The summed E-state index contributed by atoms with van der Waals surface area (Å²) in [4.78, 5) is 0. The van der Waals surface area contributed by atoms with Crippen LogP contribution in [0.3, 0.4) is 0 Å². The van der Waals surface area contributed by atoms with Crippen LogP contribution in [0, 0.1) is 0 Å². The van der Waals surface area contributed by atoms with Gasteiger partial charge in [0.2, 0.25) is 0 Å². The average molecular weight is 180 g/mol. The third-order valence-electron chi connectivity index (χ3n) is 1.24. The highest BCUT2D eigenvalue weighted by atomic mass is 31.2. The Bertz CT molecular complexity index is 76.1. The first-order chi connectivity index (χ1) is 5.35. The lowest BCUT2D eigenvalue weighted by molar-refractivity contribution is 0.202. The molecule has 0 heterocycles. The van der Waals surface area contributed by atoms with E-state index in [0.717, 1.165) is 13.0 Å². The van der Waals surface area contributed by atoms with E-state index in [4.69, 9.17) is 13.6 Å². The first-order valence-corrected chi connectivity index (χ1v) is 4.96. The van der Waals surface area contributed by atoms with Gasteiger partial charge in [-0.1, -0.05) is 19.8 Å². The molecular formula is C7H17O3P. The van der Waals surface area contributed by atoms with Gasteiger partial charge in [0, 0.05) is 14.2 Å². The summed E-state index contributed by atoms with van der Waals surface area (Å²) in [5, 5.41) is 0. The molecule has 0 unspecified atom stereocenters. The van der Waals surface area contributed by atoms with Gasteiger partial charge < -0.3 is 13.6 Å². The standard InChI is InChI=1S/C7H17O3P/c1-4-5-6-7-10-11(8-2)9-3/h4-7H2,1-3H3. The van der Waals surface area contributed by atoms with Crippen LogP contribution in [-0.2, 0) is 13.6 Å². The molecule has 0 radical (unpaired) electrons. The maximum absolute atomic E-state index is 5.26. The molecule has 0 fully saturated rings. The van der Waals surface area contributed by atoms with Gasteiger partial charge in [-0.3, -0.25) is 0 Å². The van der Waals surface area contributed by atoms with E-state index in [2.05, 4.69) is 6.92 Å². The van der Waals surface area contributed by atoms with Crippen molar-refractivity contribution in [1.82, 2.24) is 0 Å². The lowest BCUT2D eigenvalue weighted by Gasteiger charge is -2.10. The first kappa shape index (κ1) is 11.3. The molecule has 0 saturated heterocycles.